The third-order valence-electron chi connectivity index (χ3n) is 2.08. The fourth-order valence-corrected chi connectivity index (χ4v) is 1.48. The van der Waals surface area contributed by atoms with Gasteiger partial charge in [-0.2, -0.15) is 0 Å². The summed E-state index contributed by atoms with van der Waals surface area (Å²) in [5, 5.41) is 0. The molecule has 0 aromatic heterocycles. The van der Waals surface area contributed by atoms with Gasteiger partial charge in [0.15, 0.2) is 0 Å². The van der Waals surface area contributed by atoms with Crippen LogP contribution >= 0.6 is 11.6 Å². The standard InChI is InChI=1S/C12H15Cl/c1-11(9-10-13)7-8-12-5-3-2-4-6-12/h2-6,9H,7-8,10H2,1H3/b11-9-. The lowest BCUT2D eigenvalue weighted by Crippen LogP contribution is -1.86. The molecule has 0 aliphatic rings. The number of rotatable bonds is 4. The quantitative estimate of drug-likeness (QED) is 0.505. The minimum absolute atomic E-state index is 0.626. The van der Waals surface area contributed by atoms with Crippen molar-refractivity contribution in [3.05, 3.63) is 47.5 Å². The topological polar surface area (TPSA) is 0 Å². The molecule has 1 heteroatoms. The maximum absolute atomic E-state index is 5.60. The number of halogens is 1. The smallest absolute Gasteiger partial charge is 0.0406 e. The molecule has 0 saturated heterocycles. The highest BCUT2D eigenvalue weighted by Gasteiger charge is 1.92. The lowest BCUT2D eigenvalue weighted by atomic mass is 10.1. The second kappa shape index (κ2) is 5.82. The van der Waals surface area contributed by atoms with E-state index in [9.17, 15) is 0 Å². The van der Waals surface area contributed by atoms with Gasteiger partial charge in [-0.1, -0.05) is 42.0 Å². The van der Waals surface area contributed by atoms with Crippen molar-refractivity contribution in [2.75, 3.05) is 5.88 Å². The van der Waals surface area contributed by atoms with E-state index in [1.54, 1.807) is 0 Å². The zero-order chi connectivity index (χ0) is 9.52. The highest BCUT2D eigenvalue weighted by Crippen LogP contribution is 2.08. The highest BCUT2D eigenvalue weighted by atomic mass is 35.5. The normalized spacial score (nSPS) is 11.7. The second-order valence-electron chi connectivity index (χ2n) is 3.19. The van der Waals surface area contributed by atoms with Crippen molar-refractivity contribution in [3.63, 3.8) is 0 Å². The maximum Gasteiger partial charge on any atom is 0.0406 e. The Morgan fingerprint density at radius 3 is 2.62 bits per heavy atom. The number of aryl methyl sites for hydroxylation is 1. The van der Waals surface area contributed by atoms with Crippen LogP contribution in [0.5, 0.6) is 0 Å². The van der Waals surface area contributed by atoms with Crippen LogP contribution in [0.3, 0.4) is 0 Å². The average molecular weight is 195 g/mol. The molecule has 13 heavy (non-hydrogen) atoms. The predicted octanol–water partition coefficient (Wildman–Crippen LogP) is 3.80. The Kier molecular flexibility index (Phi) is 4.63. The molecule has 0 nitrogen and oxygen atoms in total. The SMILES string of the molecule is C/C(=C/CCl)CCc1ccccc1. The lowest BCUT2D eigenvalue weighted by Gasteiger charge is -2.00. The molecule has 0 N–H and O–H groups in total. The van der Waals surface area contributed by atoms with E-state index in [2.05, 4.69) is 37.3 Å². The highest BCUT2D eigenvalue weighted by molar-refractivity contribution is 6.18. The summed E-state index contributed by atoms with van der Waals surface area (Å²) in [4.78, 5) is 0. The van der Waals surface area contributed by atoms with Gasteiger partial charge < -0.3 is 0 Å². The molecule has 0 aliphatic carbocycles. The van der Waals surface area contributed by atoms with E-state index in [0.717, 1.165) is 12.8 Å². The van der Waals surface area contributed by atoms with Crippen molar-refractivity contribution in [3.8, 4) is 0 Å². The summed E-state index contributed by atoms with van der Waals surface area (Å²) >= 11 is 5.60. The van der Waals surface area contributed by atoms with Crippen molar-refractivity contribution in [2.24, 2.45) is 0 Å². The van der Waals surface area contributed by atoms with Gasteiger partial charge in [0.1, 0.15) is 0 Å². The van der Waals surface area contributed by atoms with Crippen LogP contribution in [-0.4, -0.2) is 5.88 Å². The molecule has 1 aromatic rings. The van der Waals surface area contributed by atoms with Gasteiger partial charge in [0.2, 0.25) is 0 Å². The number of alkyl halides is 1. The van der Waals surface area contributed by atoms with Gasteiger partial charge >= 0.3 is 0 Å². The predicted molar refractivity (Wildman–Crippen MR) is 59.2 cm³/mol. The Hall–Kier alpha value is -0.750. The van der Waals surface area contributed by atoms with E-state index in [4.69, 9.17) is 11.6 Å². The summed E-state index contributed by atoms with van der Waals surface area (Å²) in [7, 11) is 0. The third-order valence-corrected chi connectivity index (χ3v) is 2.23. The number of hydrogen-bond acceptors (Lipinski definition) is 0. The van der Waals surface area contributed by atoms with Crippen molar-refractivity contribution >= 4 is 11.6 Å². The van der Waals surface area contributed by atoms with E-state index in [1.165, 1.54) is 11.1 Å². The summed E-state index contributed by atoms with van der Waals surface area (Å²) < 4.78 is 0. The molecule has 0 atom stereocenters. The molecule has 0 amide bonds. The Bertz CT molecular complexity index is 262. The van der Waals surface area contributed by atoms with Crippen LogP contribution in [0.1, 0.15) is 18.9 Å². The van der Waals surface area contributed by atoms with E-state index >= 15 is 0 Å². The average Bonchev–Trinajstić information content (AvgIpc) is 2.17. The molecular weight excluding hydrogens is 180 g/mol. The summed E-state index contributed by atoms with van der Waals surface area (Å²) in [5.74, 6) is 0.626. The Balaban J connectivity index is 2.39. The van der Waals surface area contributed by atoms with E-state index < -0.39 is 0 Å². The summed E-state index contributed by atoms with van der Waals surface area (Å²) in [6.45, 7) is 2.13. The molecule has 0 radical (unpaired) electrons. The van der Waals surface area contributed by atoms with E-state index in [-0.39, 0.29) is 0 Å². The van der Waals surface area contributed by atoms with Gasteiger partial charge in [-0.15, -0.1) is 11.6 Å². The van der Waals surface area contributed by atoms with Crippen molar-refractivity contribution in [2.45, 2.75) is 19.8 Å². The first-order valence-corrected chi connectivity index (χ1v) is 5.12. The zero-order valence-electron chi connectivity index (χ0n) is 7.96. The molecule has 0 aliphatic heterocycles. The van der Waals surface area contributed by atoms with Crippen LogP contribution in [0.4, 0.5) is 0 Å². The van der Waals surface area contributed by atoms with Gasteiger partial charge in [0, 0.05) is 5.88 Å². The van der Waals surface area contributed by atoms with Crippen LogP contribution in [0.25, 0.3) is 0 Å². The van der Waals surface area contributed by atoms with Crippen molar-refractivity contribution < 1.29 is 0 Å². The fraction of sp³-hybridized carbons (Fsp3) is 0.333. The Labute approximate surface area is 85.2 Å². The van der Waals surface area contributed by atoms with Crippen LogP contribution in [0.2, 0.25) is 0 Å². The van der Waals surface area contributed by atoms with Crippen LogP contribution < -0.4 is 0 Å². The van der Waals surface area contributed by atoms with Crippen molar-refractivity contribution in [1.29, 1.82) is 0 Å². The largest absolute Gasteiger partial charge is 0.122 e. The van der Waals surface area contributed by atoms with Crippen LogP contribution in [0, 0.1) is 0 Å². The monoisotopic (exact) mass is 194 g/mol. The fourth-order valence-electron chi connectivity index (χ4n) is 1.22. The molecule has 1 aromatic carbocycles. The molecule has 0 bridgehead atoms. The molecule has 0 heterocycles. The van der Waals surface area contributed by atoms with E-state index in [0.29, 0.717) is 5.88 Å². The minimum atomic E-state index is 0.626. The molecule has 1 rings (SSSR count). The zero-order valence-corrected chi connectivity index (χ0v) is 8.72. The van der Waals surface area contributed by atoms with Gasteiger partial charge in [-0.05, 0) is 25.3 Å². The number of hydrogen-bond donors (Lipinski definition) is 0. The summed E-state index contributed by atoms with van der Waals surface area (Å²) in [6, 6.07) is 10.5. The molecule has 70 valence electrons. The first kappa shape index (κ1) is 10.3. The van der Waals surface area contributed by atoms with Crippen LogP contribution in [0.15, 0.2) is 42.0 Å². The first-order valence-electron chi connectivity index (χ1n) is 4.58. The molecular formula is C12H15Cl. The Morgan fingerprint density at radius 1 is 1.31 bits per heavy atom. The molecule has 0 unspecified atom stereocenters. The van der Waals surface area contributed by atoms with Gasteiger partial charge in [0.25, 0.3) is 0 Å². The Morgan fingerprint density at radius 2 is 2.00 bits per heavy atom. The lowest BCUT2D eigenvalue weighted by molar-refractivity contribution is 0.938. The third kappa shape index (κ3) is 4.14. The van der Waals surface area contributed by atoms with E-state index in [1.807, 2.05) is 6.07 Å². The molecule has 0 fully saturated rings. The maximum atomic E-state index is 5.60. The summed E-state index contributed by atoms with van der Waals surface area (Å²) in [6.07, 6.45) is 4.29. The van der Waals surface area contributed by atoms with Gasteiger partial charge in [0.05, 0.1) is 0 Å². The van der Waals surface area contributed by atoms with Crippen molar-refractivity contribution in [1.82, 2.24) is 0 Å². The summed E-state index contributed by atoms with van der Waals surface area (Å²) in [5.41, 5.74) is 2.77. The molecule has 0 saturated carbocycles. The molecule has 0 spiro atoms. The van der Waals surface area contributed by atoms with Gasteiger partial charge in [-0.25, -0.2) is 0 Å². The van der Waals surface area contributed by atoms with Gasteiger partial charge in [-0.3, -0.25) is 0 Å². The minimum Gasteiger partial charge on any atom is -0.122 e. The second-order valence-corrected chi connectivity index (χ2v) is 3.50. The number of benzene rings is 1. The first-order chi connectivity index (χ1) is 6.33. The van der Waals surface area contributed by atoms with Crippen LogP contribution in [-0.2, 0) is 6.42 Å². The number of allylic oxidation sites excluding steroid dienone is 2.